The predicted octanol–water partition coefficient (Wildman–Crippen LogP) is 2.76. The highest BCUT2D eigenvalue weighted by Crippen LogP contribution is 2.38. The largest absolute Gasteiger partial charge is 0.497 e. The van der Waals surface area contributed by atoms with E-state index in [2.05, 4.69) is 0 Å². The van der Waals surface area contributed by atoms with Crippen LogP contribution in [0.15, 0.2) is 48.5 Å². The molecule has 2 aromatic carbocycles. The van der Waals surface area contributed by atoms with Crippen LogP contribution in [0.25, 0.3) is 0 Å². The standard InChI is InChI=1S/C16H15ClN2O2/c1-21-13-8-6-12(7-9-13)19-15(14(18)16(19)20)10-2-4-11(17)5-3-10/h2-9,14-15H,18H2,1H3/t14-,15-/m1/s1. The molecule has 0 spiro atoms. The van der Waals surface area contributed by atoms with Crippen LogP contribution in [0.4, 0.5) is 5.69 Å². The normalized spacial score (nSPS) is 21.1. The Morgan fingerprint density at radius 1 is 1.10 bits per heavy atom. The highest BCUT2D eigenvalue weighted by atomic mass is 35.5. The van der Waals surface area contributed by atoms with Crippen LogP contribution in [-0.4, -0.2) is 19.1 Å². The van der Waals surface area contributed by atoms with Gasteiger partial charge in [0.1, 0.15) is 11.8 Å². The molecule has 1 fully saturated rings. The fourth-order valence-electron chi connectivity index (χ4n) is 2.56. The third kappa shape index (κ3) is 2.37. The molecule has 4 nitrogen and oxygen atoms in total. The van der Waals surface area contributed by atoms with E-state index >= 15 is 0 Å². The summed E-state index contributed by atoms with van der Waals surface area (Å²) < 4.78 is 5.13. The van der Waals surface area contributed by atoms with Gasteiger partial charge in [0.25, 0.3) is 0 Å². The zero-order valence-electron chi connectivity index (χ0n) is 11.5. The molecule has 1 aliphatic rings. The molecule has 1 amide bonds. The SMILES string of the molecule is COc1ccc(N2C(=O)[C@H](N)[C@H]2c2ccc(Cl)cc2)cc1. The molecule has 0 saturated carbocycles. The highest BCUT2D eigenvalue weighted by Gasteiger charge is 2.46. The second-order valence-electron chi connectivity index (χ2n) is 4.93. The lowest BCUT2D eigenvalue weighted by molar-refractivity contribution is -0.126. The maximum atomic E-state index is 12.1. The van der Waals surface area contributed by atoms with Crippen molar-refractivity contribution in [2.24, 2.45) is 5.73 Å². The lowest BCUT2D eigenvalue weighted by atomic mass is 9.88. The average Bonchev–Trinajstić information content (AvgIpc) is 2.53. The number of nitrogens with two attached hydrogens (primary N) is 1. The van der Waals surface area contributed by atoms with Crippen molar-refractivity contribution < 1.29 is 9.53 Å². The Hall–Kier alpha value is -2.04. The fourth-order valence-corrected chi connectivity index (χ4v) is 2.68. The van der Waals surface area contributed by atoms with Crippen molar-refractivity contribution in [1.82, 2.24) is 0 Å². The Bertz CT molecular complexity index is 655. The van der Waals surface area contributed by atoms with E-state index in [0.717, 1.165) is 17.0 Å². The Morgan fingerprint density at radius 2 is 1.71 bits per heavy atom. The monoisotopic (exact) mass is 302 g/mol. The minimum absolute atomic E-state index is 0.0832. The van der Waals surface area contributed by atoms with Gasteiger partial charge in [0.2, 0.25) is 5.91 Å². The van der Waals surface area contributed by atoms with Gasteiger partial charge in [-0.15, -0.1) is 0 Å². The van der Waals surface area contributed by atoms with E-state index in [-0.39, 0.29) is 11.9 Å². The number of β-lactam (4-membered cyclic amide) rings is 1. The Morgan fingerprint density at radius 3 is 2.29 bits per heavy atom. The van der Waals surface area contributed by atoms with Gasteiger partial charge in [-0.2, -0.15) is 0 Å². The molecule has 0 unspecified atom stereocenters. The molecule has 0 radical (unpaired) electrons. The van der Waals surface area contributed by atoms with Crippen LogP contribution in [0.2, 0.25) is 5.02 Å². The number of nitrogens with zero attached hydrogens (tertiary/aromatic N) is 1. The summed E-state index contributed by atoms with van der Waals surface area (Å²) in [6, 6.07) is 14.1. The zero-order chi connectivity index (χ0) is 15.0. The minimum atomic E-state index is -0.520. The van der Waals surface area contributed by atoms with Crippen molar-refractivity contribution in [1.29, 1.82) is 0 Å². The van der Waals surface area contributed by atoms with Crippen LogP contribution in [0.5, 0.6) is 5.75 Å². The first-order valence-corrected chi connectivity index (χ1v) is 6.98. The molecule has 108 valence electrons. The van der Waals surface area contributed by atoms with E-state index in [1.165, 1.54) is 0 Å². The highest BCUT2D eigenvalue weighted by molar-refractivity contribution is 6.30. The molecule has 1 saturated heterocycles. The molecule has 2 atom stereocenters. The van der Waals surface area contributed by atoms with Gasteiger partial charge in [-0.1, -0.05) is 23.7 Å². The maximum Gasteiger partial charge on any atom is 0.247 e. The smallest absolute Gasteiger partial charge is 0.247 e. The van der Waals surface area contributed by atoms with Crippen molar-refractivity contribution in [3.8, 4) is 5.75 Å². The van der Waals surface area contributed by atoms with Gasteiger partial charge in [0.05, 0.1) is 13.2 Å². The number of carbonyl (C=O) groups is 1. The van der Waals surface area contributed by atoms with Crippen molar-refractivity contribution >= 4 is 23.2 Å². The third-order valence-corrected chi connectivity index (χ3v) is 3.96. The first-order chi connectivity index (χ1) is 10.1. The van der Waals surface area contributed by atoms with Crippen LogP contribution in [0, 0.1) is 0 Å². The summed E-state index contributed by atoms with van der Waals surface area (Å²) in [7, 11) is 1.61. The fraction of sp³-hybridized carbons (Fsp3) is 0.188. The number of methoxy groups -OCH3 is 1. The minimum Gasteiger partial charge on any atom is -0.497 e. The summed E-state index contributed by atoms with van der Waals surface area (Å²) in [5.41, 5.74) is 7.75. The number of anilines is 1. The van der Waals surface area contributed by atoms with Crippen LogP contribution < -0.4 is 15.4 Å². The summed E-state index contributed by atoms with van der Waals surface area (Å²) in [5, 5.41) is 0.661. The van der Waals surface area contributed by atoms with Crippen molar-refractivity contribution in [3.05, 3.63) is 59.1 Å². The molecule has 3 rings (SSSR count). The van der Waals surface area contributed by atoms with Crippen molar-refractivity contribution in [2.75, 3.05) is 12.0 Å². The molecule has 5 heteroatoms. The molecule has 1 heterocycles. The van der Waals surface area contributed by atoms with E-state index in [1.54, 1.807) is 24.1 Å². The van der Waals surface area contributed by atoms with Gasteiger partial charge < -0.3 is 15.4 Å². The Balaban J connectivity index is 1.92. The number of hydrogen-bond donors (Lipinski definition) is 1. The molecular formula is C16H15ClN2O2. The summed E-state index contributed by atoms with van der Waals surface area (Å²) in [4.78, 5) is 13.8. The van der Waals surface area contributed by atoms with Crippen LogP contribution in [-0.2, 0) is 4.79 Å². The van der Waals surface area contributed by atoms with Gasteiger partial charge in [-0.3, -0.25) is 4.79 Å². The van der Waals surface area contributed by atoms with Crippen molar-refractivity contribution in [3.63, 3.8) is 0 Å². The van der Waals surface area contributed by atoms with Gasteiger partial charge in [-0.25, -0.2) is 0 Å². The Kier molecular flexibility index (Phi) is 3.57. The molecule has 0 aliphatic carbocycles. The molecule has 0 bridgehead atoms. The lowest BCUT2D eigenvalue weighted by Crippen LogP contribution is -2.63. The van der Waals surface area contributed by atoms with E-state index in [4.69, 9.17) is 22.1 Å². The van der Waals surface area contributed by atoms with Gasteiger partial charge in [-0.05, 0) is 42.0 Å². The Labute approximate surface area is 128 Å². The molecule has 2 N–H and O–H groups in total. The number of rotatable bonds is 3. The molecule has 1 aliphatic heterocycles. The average molecular weight is 303 g/mol. The number of ether oxygens (including phenoxy) is 1. The van der Waals surface area contributed by atoms with E-state index in [9.17, 15) is 4.79 Å². The molecule has 0 aromatic heterocycles. The van der Waals surface area contributed by atoms with E-state index < -0.39 is 6.04 Å². The van der Waals surface area contributed by atoms with Crippen LogP contribution in [0.3, 0.4) is 0 Å². The number of carbonyl (C=O) groups excluding carboxylic acids is 1. The van der Waals surface area contributed by atoms with Gasteiger partial charge in [0.15, 0.2) is 0 Å². The number of halogens is 1. The van der Waals surface area contributed by atoms with Gasteiger partial charge >= 0.3 is 0 Å². The first-order valence-electron chi connectivity index (χ1n) is 6.60. The second kappa shape index (κ2) is 5.39. The van der Waals surface area contributed by atoms with Gasteiger partial charge in [0, 0.05) is 10.7 Å². The number of amides is 1. The summed E-state index contributed by atoms with van der Waals surface area (Å²) in [6.07, 6.45) is 0. The molecule has 2 aromatic rings. The second-order valence-corrected chi connectivity index (χ2v) is 5.36. The van der Waals surface area contributed by atoms with Crippen LogP contribution >= 0.6 is 11.6 Å². The summed E-state index contributed by atoms with van der Waals surface area (Å²) in [6.45, 7) is 0. The van der Waals surface area contributed by atoms with E-state index in [1.807, 2.05) is 36.4 Å². The quantitative estimate of drug-likeness (QED) is 0.887. The third-order valence-electron chi connectivity index (χ3n) is 3.70. The van der Waals surface area contributed by atoms with Crippen molar-refractivity contribution in [2.45, 2.75) is 12.1 Å². The maximum absolute atomic E-state index is 12.1. The van der Waals surface area contributed by atoms with E-state index in [0.29, 0.717) is 5.02 Å². The zero-order valence-corrected chi connectivity index (χ0v) is 12.2. The predicted molar refractivity (Wildman–Crippen MR) is 82.6 cm³/mol. The first kappa shape index (κ1) is 13.9. The van der Waals surface area contributed by atoms with Crippen LogP contribution in [0.1, 0.15) is 11.6 Å². The number of hydrogen-bond acceptors (Lipinski definition) is 3. The topological polar surface area (TPSA) is 55.6 Å². The summed E-state index contributed by atoms with van der Waals surface area (Å²) >= 11 is 5.90. The summed E-state index contributed by atoms with van der Waals surface area (Å²) in [5.74, 6) is 0.666. The lowest BCUT2D eigenvalue weighted by Gasteiger charge is -2.45. The number of benzene rings is 2. The molecular weight excluding hydrogens is 288 g/mol. The molecule has 21 heavy (non-hydrogen) atoms.